The number of benzene rings is 8. The molecule has 3 heterocycles. The summed E-state index contributed by atoms with van der Waals surface area (Å²) in [5.74, 6) is 2.72. The zero-order valence-electron chi connectivity index (χ0n) is 60.1. The highest BCUT2D eigenvalue weighted by molar-refractivity contribution is 7.80. The lowest BCUT2D eigenvalue weighted by atomic mass is 9.93. The fourth-order valence-electron chi connectivity index (χ4n) is 13.5. The maximum Gasteiger partial charge on any atom is 0.266 e. The fourth-order valence-corrected chi connectivity index (χ4v) is 16.0. The van der Waals surface area contributed by atoms with E-state index in [9.17, 15) is 9.59 Å². The lowest BCUT2D eigenvalue weighted by Crippen LogP contribution is -2.56. The van der Waals surface area contributed by atoms with E-state index in [1.807, 2.05) is 13.8 Å². The van der Waals surface area contributed by atoms with Crippen LogP contribution in [0.25, 0.3) is 58.5 Å². The van der Waals surface area contributed by atoms with E-state index < -0.39 is 0 Å². The number of unbranched alkanes of at least 4 members (excludes halogenated alkanes) is 12. The summed E-state index contributed by atoms with van der Waals surface area (Å²) >= 11 is 9.28. The average molecular weight is 1410 g/mol. The van der Waals surface area contributed by atoms with Crippen LogP contribution in [0.2, 0.25) is 0 Å². The van der Waals surface area contributed by atoms with Crippen molar-refractivity contribution in [1.29, 1.82) is 0 Å². The van der Waals surface area contributed by atoms with Crippen LogP contribution in [0.3, 0.4) is 0 Å². The number of anilines is 6. The minimum Gasteiger partial charge on any atom is -0.494 e. The molecule has 0 bridgehead atoms. The Bertz CT molecular complexity index is 4050. The normalized spacial score (nSPS) is 12.7. The largest absolute Gasteiger partial charge is 0.494 e. The monoisotopic (exact) mass is 1410 g/mol. The molecule has 13 heteroatoms. The van der Waals surface area contributed by atoms with Gasteiger partial charge in [-0.3, -0.25) is 19.4 Å². The van der Waals surface area contributed by atoms with Crippen LogP contribution in [0.4, 0.5) is 34.1 Å². The van der Waals surface area contributed by atoms with E-state index in [0.29, 0.717) is 45.1 Å². The summed E-state index contributed by atoms with van der Waals surface area (Å²) < 4.78 is 24.7. The van der Waals surface area contributed by atoms with Gasteiger partial charge in [0, 0.05) is 72.3 Å². The highest BCUT2D eigenvalue weighted by Crippen LogP contribution is 2.51. The van der Waals surface area contributed by atoms with Crippen LogP contribution in [-0.2, 0) is 9.59 Å². The van der Waals surface area contributed by atoms with Crippen LogP contribution >= 0.6 is 34.9 Å². The number of hydrogen-bond acceptors (Lipinski definition) is 11. The van der Waals surface area contributed by atoms with Crippen LogP contribution in [0.5, 0.6) is 23.0 Å². The van der Waals surface area contributed by atoms with Gasteiger partial charge in [0.2, 0.25) is 0 Å². The Morgan fingerprint density at radius 3 is 0.843 bits per heavy atom. The predicted octanol–water partition coefficient (Wildman–Crippen LogP) is 25.0. The number of rotatable bonds is 36. The molecule has 10 aromatic rings. The number of ether oxygens (including phenoxy) is 4. The summed E-state index contributed by atoms with van der Waals surface area (Å²) in [5.41, 5.74) is 14.7. The van der Waals surface area contributed by atoms with Gasteiger partial charge in [-0.2, -0.15) is 0 Å². The van der Waals surface area contributed by atoms with Gasteiger partial charge in [0.15, 0.2) is 5.11 Å². The second-order valence-corrected chi connectivity index (χ2v) is 28.9. The van der Waals surface area contributed by atoms with Crippen molar-refractivity contribution in [2.45, 2.75) is 144 Å². The molecule has 0 atom stereocenters. The molecule has 0 saturated carbocycles. The number of thiophene rings is 2. The molecule has 1 fully saturated rings. The molecule has 1 saturated heterocycles. The van der Waals surface area contributed by atoms with E-state index in [1.165, 1.54) is 77.0 Å². The summed E-state index contributed by atoms with van der Waals surface area (Å²) in [6.07, 6.45) is 18.5. The van der Waals surface area contributed by atoms with E-state index in [1.54, 1.807) is 32.5 Å². The third-order valence-electron chi connectivity index (χ3n) is 19.2. The molecule has 0 spiro atoms. The Hall–Kier alpha value is -9.27. The van der Waals surface area contributed by atoms with Gasteiger partial charge in [0.25, 0.3) is 11.8 Å². The first-order valence-corrected chi connectivity index (χ1v) is 39.3. The Morgan fingerprint density at radius 2 is 0.569 bits per heavy atom. The minimum absolute atomic E-state index is 0.136. The maximum absolute atomic E-state index is 14.9. The van der Waals surface area contributed by atoms with Crippen LogP contribution in [0.1, 0.15) is 155 Å². The first-order valence-electron chi connectivity index (χ1n) is 37.2. The Morgan fingerprint density at radius 1 is 0.304 bits per heavy atom. The Balaban J connectivity index is 0.818. The molecule has 0 unspecified atom stereocenters. The van der Waals surface area contributed by atoms with Gasteiger partial charge in [-0.05, 0) is 254 Å². The van der Waals surface area contributed by atoms with Crippen LogP contribution in [0.15, 0.2) is 212 Å². The molecule has 526 valence electrons. The van der Waals surface area contributed by atoms with Crippen molar-refractivity contribution in [2.24, 2.45) is 0 Å². The Kier molecular flexibility index (Phi) is 25.3. The lowest BCUT2D eigenvalue weighted by molar-refractivity contribution is -0.133. The van der Waals surface area contributed by atoms with Crippen LogP contribution < -0.4 is 28.7 Å². The smallest absolute Gasteiger partial charge is 0.266 e. The van der Waals surface area contributed by atoms with Gasteiger partial charge in [-0.15, -0.1) is 22.7 Å². The maximum atomic E-state index is 14.9. The van der Waals surface area contributed by atoms with Crippen molar-refractivity contribution in [3.05, 3.63) is 223 Å². The zero-order valence-corrected chi connectivity index (χ0v) is 62.6. The van der Waals surface area contributed by atoms with Crippen molar-refractivity contribution in [1.82, 2.24) is 9.80 Å². The summed E-state index contributed by atoms with van der Waals surface area (Å²) in [5, 5.41) is 0.235. The second-order valence-electron chi connectivity index (χ2n) is 26.4. The number of amides is 2. The van der Waals surface area contributed by atoms with E-state index in [2.05, 4.69) is 244 Å². The van der Waals surface area contributed by atoms with Gasteiger partial charge in [-0.1, -0.05) is 153 Å². The number of nitrogens with zero attached hydrogens (tertiary/aromatic N) is 4. The van der Waals surface area contributed by atoms with E-state index in [-0.39, 0.29) is 22.5 Å². The average Bonchev–Trinajstić information content (AvgIpc) is 1.53. The van der Waals surface area contributed by atoms with Crippen molar-refractivity contribution in [3.8, 4) is 75.9 Å². The highest BCUT2D eigenvalue weighted by atomic mass is 32.1. The topological polar surface area (TPSA) is 84.0 Å². The highest BCUT2D eigenvalue weighted by Gasteiger charge is 2.43. The standard InChI is InChI=1S/C89H96N4O6S3/c1-7-13-17-21-57-96-73-43-35-69(36-44-73)92(70-37-45-74(46-38-70)97-58-22-18-14-8-2)67-31-25-63(26-32-67)81-53-55-83(101-81)65-29-51-77-78-52-30-66(62-80(78)85(79(77)61-65)86-87(94)90(11-5)89(100)91(12-6)88(86)95)84-56-54-82(102-84)64-27-33-68(34-28-64)93(71-39-47-75(48-40-71)98-59-23-19-15-9-3)72-41-49-76(50-42-72)99-60-24-20-16-10-4/h25-56,61-62H,7-24,57-60H2,1-6H3. The van der Waals surface area contributed by atoms with E-state index >= 15 is 0 Å². The Labute approximate surface area is 618 Å². The third-order valence-corrected chi connectivity index (χ3v) is 22.0. The fraction of sp³-hybridized carbons (Fsp3) is 0.315. The van der Waals surface area contributed by atoms with Gasteiger partial charge in [0.1, 0.15) is 28.6 Å². The van der Waals surface area contributed by atoms with E-state index in [0.717, 1.165) is 147 Å². The van der Waals surface area contributed by atoms with Crippen LogP contribution in [-0.4, -0.2) is 66.2 Å². The molecule has 2 aromatic heterocycles. The molecule has 2 amide bonds. The number of carbonyl (C=O) groups excluding carboxylic acids is 2. The molecule has 2 aliphatic rings. The first-order chi connectivity index (χ1) is 50.1. The van der Waals surface area contributed by atoms with Gasteiger partial charge in [0.05, 0.1) is 26.4 Å². The quantitative estimate of drug-likeness (QED) is 0.0165. The first kappa shape index (κ1) is 72.5. The molecule has 102 heavy (non-hydrogen) atoms. The molecular weight excluding hydrogens is 1320 g/mol. The number of hydrogen-bond donors (Lipinski definition) is 0. The molecule has 10 nitrogen and oxygen atoms in total. The molecule has 8 aromatic carbocycles. The van der Waals surface area contributed by atoms with Gasteiger partial charge < -0.3 is 28.7 Å². The number of thiocarbonyl (C=S) groups is 1. The van der Waals surface area contributed by atoms with Crippen molar-refractivity contribution < 1.29 is 28.5 Å². The number of fused-ring (bicyclic) bond motifs is 3. The van der Waals surface area contributed by atoms with Crippen molar-refractivity contribution >= 4 is 91.5 Å². The molecule has 0 N–H and O–H groups in total. The molecule has 0 radical (unpaired) electrons. The molecule has 1 aliphatic heterocycles. The lowest BCUT2D eigenvalue weighted by Gasteiger charge is -2.36. The SMILES string of the molecule is CCCCCCOc1ccc(N(c2ccc(OCCCCCC)cc2)c2ccc(-c3ccc(-c4ccc5c(c4)C(=C4C(=O)N(CC)C(=S)N(CC)C4=O)c4cc(-c6ccc(-c7ccc(N(c8ccc(OCCCCCC)cc8)c8ccc(OCCCCCC)cc8)cc7)s6)ccc4-5)s3)cc2)cc1. The zero-order chi connectivity index (χ0) is 70.7. The van der Waals surface area contributed by atoms with E-state index in [4.69, 9.17) is 31.2 Å². The summed E-state index contributed by atoms with van der Waals surface area (Å²) in [7, 11) is 0. The molecular formula is C89H96N4O6S3. The van der Waals surface area contributed by atoms with Gasteiger partial charge >= 0.3 is 0 Å². The summed E-state index contributed by atoms with van der Waals surface area (Å²) in [6.45, 7) is 16.2. The second kappa shape index (κ2) is 35.6. The number of carbonyl (C=O) groups is 2. The van der Waals surface area contributed by atoms with Crippen molar-refractivity contribution in [3.63, 3.8) is 0 Å². The third kappa shape index (κ3) is 17.1. The minimum atomic E-state index is -0.376. The number of likely N-dealkylation sites (N-methyl/N-ethyl adjacent to an activating group) is 2. The summed E-state index contributed by atoms with van der Waals surface area (Å²) in [4.78, 5) is 41.9. The van der Waals surface area contributed by atoms with Gasteiger partial charge in [-0.25, -0.2) is 0 Å². The van der Waals surface area contributed by atoms with Crippen molar-refractivity contribution in [2.75, 3.05) is 49.3 Å². The predicted molar refractivity (Wildman–Crippen MR) is 431 cm³/mol. The molecule has 1 aliphatic carbocycles. The molecule has 12 rings (SSSR count). The van der Waals surface area contributed by atoms with Crippen LogP contribution in [0, 0.1) is 0 Å². The summed E-state index contributed by atoms with van der Waals surface area (Å²) in [6, 6.07) is 73.0.